The summed E-state index contributed by atoms with van der Waals surface area (Å²) in [6.45, 7) is 0. The van der Waals surface area contributed by atoms with Gasteiger partial charge in [0.25, 0.3) is 0 Å². The molecular weight excluding hydrogens is 237 g/mol. The van der Waals surface area contributed by atoms with Gasteiger partial charge in [0, 0.05) is 4.47 Å². The zero-order chi connectivity index (χ0) is 9.26. The summed E-state index contributed by atoms with van der Waals surface area (Å²) < 4.78 is 15.5. The van der Waals surface area contributed by atoms with Gasteiger partial charge in [0.15, 0.2) is 0 Å². The lowest BCUT2D eigenvalue weighted by atomic mass is 10.3. The minimum absolute atomic E-state index is 0.311. The highest BCUT2D eigenvalue weighted by Crippen LogP contribution is 2.17. The molecule has 1 heterocycles. The fourth-order valence-corrected chi connectivity index (χ4v) is 1.35. The Morgan fingerprint density at radius 2 is 1.92 bits per heavy atom. The van der Waals surface area contributed by atoms with E-state index in [1.165, 1.54) is 23.3 Å². The van der Waals surface area contributed by atoms with Crippen molar-refractivity contribution in [2.75, 3.05) is 0 Å². The molecule has 0 spiro atoms. The highest BCUT2D eigenvalue weighted by molar-refractivity contribution is 9.10. The molecule has 13 heavy (non-hydrogen) atoms. The first-order valence-corrected chi connectivity index (χ1v) is 4.37. The minimum atomic E-state index is -0.311. The van der Waals surface area contributed by atoms with E-state index in [2.05, 4.69) is 26.1 Å². The van der Waals surface area contributed by atoms with Gasteiger partial charge in [0.1, 0.15) is 18.5 Å². The molecule has 2 rings (SSSR count). The maximum atomic E-state index is 13.3. The average molecular weight is 242 g/mol. The van der Waals surface area contributed by atoms with Gasteiger partial charge in [-0.1, -0.05) is 15.9 Å². The van der Waals surface area contributed by atoms with Crippen molar-refractivity contribution >= 4 is 15.9 Å². The third kappa shape index (κ3) is 1.60. The molecule has 0 unspecified atom stereocenters. The Kier molecular flexibility index (Phi) is 2.10. The van der Waals surface area contributed by atoms with Crippen LogP contribution in [0.15, 0.2) is 35.3 Å². The van der Waals surface area contributed by atoms with Gasteiger partial charge < -0.3 is 0 Å². The normalized spacial score (nSPS) is 10.3. The lowest BCUT2D eigenvalue weighted by Gasteiger charge is -2.02. The topological polar surface area (TPSA) is 30.7 Å². The minimum Gasteiger partial charge on any atom is -0.285 e. The maximum Gasteiger partial charge on any atom is 0.148 e. The molecule has 0 aliphatic rings. The van der Waals surface area contributed by atoms with Crippen LogP contribution in [0.3, 0.4) is 0 Å². The van der Waals surface area contributed by atoms with Crippen LogP contribution < -0.4 is 0 Å². The summed E-state index contributed by atoms with van der Waals surface area (Å²) in [6, 6.07) is 4.82. The molecule has 0 amide bonds. The monoisotopic (exact) mass is 241 g/mol. The van der Waals surface area contributed by atoms with Gasteiger partial charge in [-0.05, 0) is 18.2 Å². The first-order valence-electron chi connectivity index (χ1n) is 3.57. The number of hydrogen-bond acceptors (Lipinski definition) is 2. The van der Waals surface area contributed by atoms with E-state index < -0.39 is 0 Å². The molecule has 0 radical (unpaired) electrons. The molecule has 0 aliphatic carbocycles. The molecule has 2 aromatic rings. The smallest absolute Gasteiger partial charge is 0.148 e. The number of nitrogens with zero attached hydrogens (tertiary/aromatic N) is 3. The zero-order valence-electron chi connectivity index (χ0n) is 6.48. The summed E-state index contributed by atoms with van der Waals surface area (Å²) in [7, 11) is 0. The molecule has 0 aliphatic heterocycles. The lowest BCUT2D eigenvalue weighted by Crippen LogP contribution is -1.93. The van der Waals surface area contributed by atoms with Gasteiger partial charge in [0.05, 0.1) is 5.69 Å². The van der Waals surface area contributed by atoms with E-state index in [9.17, 15) is 4.39 Å². The van der Waals surface area contributed by atoms with Crippen molar-refractivity contribution in [1.82, 2.24) is 14.8 Å². The molecule has 0 fully saturated rings. The fraction of sp³-hybridized carbons (Fsp3) is 0. The molecule has 3 nitrogen and oxygen atoms in total. The van der Waals surface area contributed by atoms with Crippen molar-refractivity contribution in [2.24, 2.45) is 0 Å². The molecule has 5 heteroatoms. The van der Waals surface area contributed by atoms with Gasteiger partial charge in [-0.3, -0.25) is 4.57 Å². The van der Waals surface area contributed by atoms with Crippen LogP contribution >= 0.6 is 15.9 Å². The van der Waals surface area contributed by atoms with Crippen LogP contribution in [0.5, 0.6) is 0 Å². The van der Waals surface area contributed by atoms with Crippen molar-refractivity contribution in [3.05, 3.63) is 41.1 Å². The van der Waals surface area contributed by atoms with E-state index in [0.29, 0.717) is 10.2 Å². The first kappa shape index (κ1) is 8.37. The van der Waals surface area contributed by atoms with Crippen molar-refractivity contribution in [2.45, 2.75) is 0 Å². The van der Waals surface area contributed by atoms with Crippen LogP contribution in [-0.2, 0) is 0 Å². The molecule has 1 aromatic carbocycles. The maximum absolute atomic E-state index is 13.3. The highest BCUT2D eigenvalue weighted by Gasteiger charge is 2.03. The van der Waals surface area contributed by atoms with Crippen LogP contribution in [0.2, 0.25) is 0 Å². The van der Waals surface area contributed by atoms with E-state index >= 15 is 0 Å². The predicted molar refractivity (Wildman–Crippen MR) is 49.0 cm³/mol. The summed E-state index contributed by atoms with van der Waals surface area (Å²) in [5.41, 5.74) is 0.438. The molecular formula is C8H5BrFN3. The van der Waals surface area contributed by atoms with Crippen LogP contribution in [0.4, 0.5) is 4.39 Å². The average Bonchev–Trinajstić information content (AvgIpc) is 2.56. The molecule has 0 atom stereocenters. The number of hydrogen-bond donors (Lipinski definition) is 0. The number of rotatable bonds is 1. The van der Waals surface area contributed by atoms with Gasteiger partial charge in [-0.25, -0.2) is 4.39 Å². The molecule has 0 bridgehead atoms. The second kappa shape index (κ2) is 3.26. The van der Waals surface area contributed by atoms with Crippen LogP contribution in [0.1, 0.15) is 0 Å². The summed E-state index contributed by atoms with van der Waals surface area (Å²) in [6.07, 6.45) is 2.90. The first-order chi connectivity index (χ1) is 6.27. The molecule has 66 valence electrons. The summed E-state index contributed by atoms with van der Waals surface area (Å²) in [5, 5.41) is 7.19. The largest absolute Gasteiger partial charge is 0.285 e. The zero-order valence-corrected chi connectivity index (χ0v) is 8.07. The second-order valence-electron chi connectivity index (χ2n) is 2.46. The van der Waals surface area contributed by atoms with Crippen LogP contribution in [0, 0.1) is 5.82 Å². The Bertz CT molecular complexity index is 413. The van der Waals surface area contributed by atoms with Gasteiger partial charge in [-0.15, -0.1) is 10.2 Å². The number of halogens is 2. The quantitative estimate of drug-likeness (QED) is 0.767. The molecule has 0 N–H and O–H groups in total. The van der Waals surface area contributed by atoms with Crippen LogP contribution in [0.25, 0.3) is 5.69 Å². The van der Waals surface area contributed by atoms with Crippen molar-refractivity contribution < 1.29 is 4.39 Å². The van der Waals surface area contributed by atoms with E-state index in [0.717, 1.165) is 0 Å². The summed E-state index contributed by atoms with van der Waals surface area (Å²) in [4.78, 5) is 0. The van der Waals surface area contributed by atoms with E-state index in [4.69, 9.17) is 0 Å². The lowest BCUT2D eigenvalue weighted by molar-refractivity contribution is 0.617. The Hall–Kier alpha value is -1.23. The van der Waals surface area contributed by atoms with Gasteiger partial charge in [0.2, 0.25) is 0 Å². The number of aromatic nitrogens is 3. The van der Waals surface area contributed by atoms with E-state index in [-0.39, 0.29) is 5.82 Å². The Morgan fingerprint density at radius 3 is 2.54 bits per heavy atom. The highest BCUT2D eigenvalue weighted by atomic mass is 79.9. The van der Waals surface area contributed by atoms with Crippen molar-refractivity contribution in [1.29, 1.82) is 0 Å². The third-order valence-electron chi connectivity index (χ3n) is 1.61. The Balaban J connectivity index is 2.53. The van der Waals surface area contributed by atoms with E-state index in [1.54, 1.807) is 12.1 Å². The Labute approximate surface area is 82.3 Å². The standard InChI is InChI=1S/C8H5BrFN3/c9-6-1-2-8(7(10)3-6)13-4-11-12-5-13/h1-5H. The summed E-state index contributed by atoms with van der Waals surface area (Å²) in [5.74, 6) is -0.311. The summed E-state index contributed by atoms with van der Waals surface area (Å²) >= 11 is 3.18. The van der Waals surface area contributed by atoms with Gasteiger partial charge in [-0.2, -0.15) is 0 Å². The van der Waals surface area contributed by atoms with Gasteiger partial charge >= 0.3 is 0 Å². The molecule has 1 aromatic heterocycles. The predicted octanol–water partition coefficient (Wildman–Crippen LogP) is 2.17. The molecule has 0 saturated heterocycles. The van der Waals surface area contributed by atoms with E-state index in [1.807, 2.05) is 0 Å². The molecule has 0 saturated carbocycles. The SMILES string of the molecule is Fc1cc(Br)ccc1-n1cnnc1. The second-order valence-corrected chi connectivity index (χ2v) is 3.38. The van der Waals surface area contributed by atoms with Crippen molar-refractivity contribution in [3.63, 3.8) is 0 Å². The third-order valence-corrected chi connectivity index (χ3v) is 2.10. The number of benzene rings is 1. The van der Waals surface area contributed by atoms with Crippen molar-refractivity contribution in [3.8, 4) is 5.69 Å². The fourth-order valence-electron chi connectivity index (χ4n) is 1.02. The van der Waals surface area contributed by atoms with Crippen LogP contribution in [-0.4, -0.2) is 14.8 Å². The Morgan fingerprint density at radius 1 is 1.23 bits per heavy atom.